The van der Waals surface area contributed by atoms with Crippen LogP contribution in [0.2, 0.25) is 0 Å². The summed E-state index contributed by atoms with van der Waals surface area (Å²) in [5, 5.41) is 10.2. The lowest BCUT2D eigenvalue weighted by molar-refractivity contribution is -0.142. The maximum absolute atomic E-state index is 10.7. The van der Waals surface area contributed by atoms with Crippen molar-refractivity contribution in [2.75, 3.05) is 19.9 Å². The predicted octanol–water partition coefficient (Wildman–Crippen LogP) is 0.968. The highest BCUT2D eigenvalue weighted by Gasteiger charge is 2.32. The number of carbonyl (C=O) groups excluding carboxylic acids is 1. The van der Waals surface area contributed by atoms with Gasteiger partial charge in [-0.1, -0.05) is 0 Å². The lowest BCUT2D eigenvalue weighted by Crippen LogP contribution is -2.60. The summed E-state index contributed by atoms with van der Waals surface area (Å²) in [6, 6.07) is 1.14. The van der Waals surface area contributed by atoms with Crippen LogP contribution in [0, 0.1) is 0 Å². The van der Waals surface area contributed by atoms with Gasteiger partial charge in [0.15, 0.2) is 0 Å². The number of hydrogen-bond donors (Lipinski definition) is 3. The minimum absolute atomic E-state index is 0.133. The van der Waals surface area contributed by atoms with Crippen LogP contribution in [-0.4, -0.2) is 49.7 Å². The van der Waals surface area contributed by atoms with Gasteiger partial charge < -0.3 is 9.47 Å². The minimum atomic E-state index is -0.280. The molecular formula is C15H31N3O3. The fourth-order valence-electron chi connectivity index (χ4n) is 2.22. The highest BCUT2D eigenvalue weighted by Crippen LogP contribution is 2.22. The molecule has 1 rings (SSSR count). The zero-order valence-corrected chi connectivity index (χ0v) is 14.0. The van der Waals surface area contributed by atoms with E-state index in [1.54, 1.807) is 0 Å². The average molecular weight is 301 g/mol. The second-order valence-corrected chi connectivity index (χ2v) is 6.45. The van der Waals surface area contributed by atoms with Crippen molar-refractivity contribution in [3.8, 4) is 0 Å². The Kier molecular flexibility index (Phi) is 7.59. The predicted molar refractivity (Wildman–Crippen MR) is 82.9 cm³/mol. The molecule has 1 fully saturated rings. The van der Waals surface area contributed by atoms with Crippen LogP contribution in [0.3, 0.4) is 0 Å². The lowest BCUT2D eigenvalue weighted by atomic mass is 10.1. The molecule has 0 amide bonds. The van der Waals surface area contributed by atoms with Gasteiger partial charge in [-0.25, -0.2) is 0 Å². The van der Waals surface area contributed by atoms with Crippen LogP contribution in [0.4, 0.5) is 0 Å². The van der Waals surface area contributed by atoms with Crippen LogP contribution in [0.1, 0.15) is 47.5 Å². The van der Waals surface area contributed by atoms with E-state index in [4.69, 9.17) is 9.47 Å². The summed E-state index contributed by atoms with van der Waals surface area (Å²) in [5.41, 5.74) is -0.203. The number of esters is 1. The van der Waals surface area contributed by atoms with E-state index in [1.165, 1.54) is 19.8 Å². The van der Waals surface area contributed by atoms with Gasteiger partial charge in [0.05, 0.1) is 18.9 Å². The molecule has 0 aromatic rings. The van der Waals surface area contributed by atoms with E-state index >= 15 is 0 Å². The first-order chi connectivity index (χ1) is 9.81. The monoisotopic (exact) mass is 301 g/mol. The summed E-state index contributed by atoms with van der Waals surface area (Å²) < 4.78 is 10.7. The van der Waals surface area contributed by atoms with Crippen LogP contribution < -0.4 is 16.0 Å². The van der Waals surface area contributed by atoms with Crippen molar-refractivity contribution in [2.24, 2.45) is 0 Å². The van der Waals surface area contributed by atoms with Crippen LogP contribution in [0.25, 0.3) is 0 Å². The summed E-state index contributed by atoms with van der Waals surface area (Å²) in [6.07, 6.45) is 2.49. The SMILES string of the molecule is CC(=O)OCNC(C)COC[C@@](C)(NC(C)C)NC1CC1. The molecular weight excluding hydrogens is 270 g/mol. The Bertz CT molecular complexity index is 315. The smallest absolute Gasteiger partial charge is 0.303 e. The molecule has 6 heteroatoms. The van der Waals surface area contributed by atoms with Gasteiger partial charge in [-0.15, -0.1) is 0 Å². The van der Waals surface area contributed by atoms with Crippen molar-refractivity contribution >= 4 is 5.97 Å². The van der Waals surface area contributed by atoms with E-state index < -0.39 is 0 Å². The van der Waals surface area contributed by atoms with Gasteiger partial charge in [-0.05, 0) is 40.5 Å². The first-order valence-corrected chi connectivity index (χ1v) is 7.80. The van der Waals surface area contributed by atoms with Gasteiger partial charge in [0.25, 0.3) is 0 Å². The van der Waals surface area contributed by atoms with Crippen molar-refractivity contribution < 1.29 is 14.3 Å². The van der Waals surface area contributed by atoms with E-state index in [0.717, 1.165) is 0 Å². The molecule has 0 aromatic heterocycles. The Morgan fingerprint density at radius 2 is 2.00 bits per heavy atom. The first-order valence-electron chi connectivity index (χ1n) is 7.80. The molecule has 1 aliphatic carbocycles. The lowest BCUT2D eigenvalue weighted by Gasteiger charge is -2.34. The normalized spacial score (nSPS) is 19.3. The molecule has 0 heterocycles. The van der Waals surface area contributed by atoms with Crippen LogP contribution in [0.5, 0.6) is 0 Å². The fraction of sp³-hybridized carbons (Fsp3) is 0.933. The summed E-state index contributed by atoms with van der Waals surface area (Å²) in [5.74, 6) is -0.280. The quantitative estimate of drug-likeness (QED) is 0.390. The number of hydrogen-bond acceptors (Lipinski definition) is 6. The highest BCUT2D eigenvalue weighted by molar-refractivity contribution is 5.65. The molecule has 124 valence electrons. The van der Waals surface area contributed by atoms with Gasteiger partial charge in [-0.2, -0.15) is 0 Å². The third-order valence-corrected chi connectivity index (χ3v) is 3.17. The molecule has 0 saturated heterocycles. The van der Waals surface area contributed by atoms with Crippen LogP contribution in [-0.2, 0) is 14.3 Å². The van der Waals surface area contributed by atoms with Gasteiger partial charge in [-0.3, -0.25) is 20.7 Å². The zero-order chi connectivity index (χ0) is 15.9. The van der Waals surface area contributed by atoms with Crippen molar-refractivity contribution in [1.82, 2.24) is 16.0 Å². The van der Waals surface area contributed by atoms with Crippen molar-refractivity contribution in [3.05, 3.63) is 0 Å². The molecule has 0 radical (unpaired) electrons. The number of ether oxygens (including phenoxy) is 2. The van der Waals surface area contributed by atoms with Gasteiger partial charge in [0, 0.05) is 25.0 Å². The second-order valence-electron chi connectivity index (χ2n) is 6.45. The van der Waals surface area contributed by atoms with Crippen molar-refractivity contribution in [1.29, 1.82) is 0 Å². The molecule has 0 aromatic carbocycles. The molecule has 1 unspecified atom stereocenters. The third kappa shape index (κ3) is 9.03. The second kappa shape index (κ2) is 8.68. The summed E-state index contributed by atoms with van der Waals surface area (Å²) >= 11 is 0. The van der Waals surface area contributed by atoms with Crippen LogP contribution in [0.15, 0.2) is 0 Å². The Hall–Kier alpha value is -0.690. The molecule has 0 aliphatic heterocycles. The summed E-state index contributed by atoms with van der Waals surface area (Å²) in [7, 11) is 0. The minimum Gasteiger partial charge on any atom is -0.450 e. The molecule has 2 atom stereocenters. The fourth-order valence-corrected chi connectivity index (χ4v) is 2.22. The molecule has 1 saturated carbocycles. The van der Waals surface area contributed by atoms with Crippen molar-refractivity contribution in [3.63, 3.8) is 0 Å². The molecule has 1 aliphatic rings. The summed E-state index contributed by atoms with van der Waals surface area (Å²) in [6.45, 7) is 11.2. The molecule has 0 spiro atoms. The number of rotatable bonds is 11. The average Bonchev–Trinajstić information content (AvgIpc) is 3.10. The maximum Gasteiger partial charge on any atom is 0.303 e. The highest BCUT2D eigenvalue weighted by atomic mass is 16.5. The van der Waals surface area contributed by atoms with E-state index in [-0.39, 0.29) is 24.4 Å². The number of carbonyl (C=O) groups is 1. The molecule has 6 nitrogen and oxygen atoms in total. The third-order valence-electron chi connectivity index (χ3n) is 3.17. The summed E-state index contributed by atoms with van der Waals surface area (Å²) in [4.78, 5) is 10.7. The molecule has 21 heavy (non-hydrogen) atoms. The van der Waals surface area contributed by atoms with E-state index in [9.17, 15) is 4.79 Å². The van der Waals surface area contributed by atoms with Crippen molar-refractivity contribution in [2.45, 2.75) is 71.2 Å². The van der Waals surface area contributed by atoms with E-state index in [1.807, 2.05) is 6.92 Å². The zero-order valence-electron chi connectivity index (χ0n) is 14.0. The topological polar surface area (TPSA) is 71.6 Å². The van der Waals surface area contributed by atoms with Gasteiger partial charge >= 0.3 is 5.97 Å². The van der Waals surface area contributed by atoms with Gasteiger partial charge in [0.1, 0.15) is 6.73 Å². The van der Waals surface area contributed by atoms with Crippen LogP contribution >= 0.6 is 0 Å². The van der Waals surface area contributed by atoms with E-state index in [0.29, 0.717) is 25.3 Å². The molecule has 3 N–H and O–H groups in total. The Balaban J connectivity index is 2.23. The molecule has 0 bridgehead atoms. The Morgan fingerprint density at radius 3 is 2.52 bits per heavy atom. The largest absolute Gasteiger partial charge is 0.450 e. The maximum atomic E-state index is 10.7. The van der Waals surface area contributed by atoms with E-state index in [2.05, 4.69) is 36.7 Å². The van der Waals surface area contributed by atoms with Gasteiger partial charge in [0.2, 0.25) is 0 Å². The first kappa shape index (κ1) is 18.4. The Labute approximate surface area is 128 Å². The standard InChI is InChI=1S/C15H31N3O3/c1-11(2)17-15(5,18-14-6-7-14)9-20-8-12(3)16-10-21-13(4)19/h11-12,14,16-18H,6-10H2,1-5H3/t12?,15-/m0/s1. The Morgan fingerprint density at radius 1 is 1.33 bits per heavy atom. The number of nitrogens with one attached hydrogen (secondary N) is 3.